The molecule has 1 unspecified atom stereocenters. The molecule has 0 bridgehead atoms. The highest BCUT2D eigenvalue weighted by molar-refractivity contribution is 5.29. The normalized spacial score (nSPS) is 18.5. The second-order valence-electron chi connectivity index (χ2n) is 4.22. The molecule has 15 heavy (non-hydrogen) atoms. The molecule has 2 nitrogen and oxygen atoms in total. The fourth-order valence-electron chi connectivity index (χ4n) is 1.89. The molecule has 1 aliphatic carbocycles. The largest absolute Gasteiger partial charge is 0.508 e. The monoisotopic (exact) mass is 209 g/mol. The van der Waals surface area contributed by atoms with Crippen molar-refractivity contribution in [1.82, 2.24) is 5.32 Å². The van der Waals surface area contributed by atoms with Crippen molar-refractivity contribution in [3.63, 3.8) is 0 Å². The van der Waals surface area contributed by atoms with E-state index in [2.05, 4.69) is 5.32 Å². The molecule has 2 N–H and O–H groups in total. The second kappa shape index (κ2) is 4.19. The van der Waals surface area contributed by atoms with Crippen LogP contribution in [0.1, 0.15) is 37.8 Å². The zero-order valence-corrected chi connectivity index (χ0v) is 8.83. The Morgan fingerprint density at radius 3 is 2.73 bits per heavy atom. The van der Waals surface area contributed by atoms with Crippen LogP contribution in [-0.2, 0) is 0 Å². The molecule has 0 aliphatic heterocycles. The Hall–Kier alpha value is -1.09. The summed E-state index contributed by atoms with van der Waals surface area (Å²) in [5, 5.41) is 12.5. The van der Waals surface area contributed by atoms with E-state index in [1.54, 1.807) is 6.07 Å². The van der Waals surface area contributed by atoms with Crippen molar-refractivity contribution in [2.75, 3.05) is 0 Å². The first-order valence-corrected chi connectivity index (χ1v) is 5.41. The molecule has 82 valence electrons. The average molecular weight is 209 g/mol. The van der Waals surface area contributed by atoms with Crippen molar-refractivity contribution in [2.24, 2.45) is 0 Å². The highest BCUT2D eigenvalue weighted by Gasteiger charge is 2.21. The Kier molecular flexibility index (Phi) is 2.91. The number of rotatable bonds is 3. The highest BCUT2D eigenvalue weighted by Crippen LogP contribution is 2.25. The molecule has 0 amide bonds. The van der Waals surface area contributed by atoms with E-state index in [9.17, 15) is 4.39 Å². The van der Waals surface area contributed by atoms with Crippen LogP contribution >= 0.6 is 0 Å². The van der Waals surface area contributed by atoms with Gasteiger partial charge in [0.1, 0.15) is 11.6 Å². The number of hydrogen-bond acceptors (Lipinski definition) is 2. The fraction of sp³-hybridized carbons (Fsp3) is 0.500. The SMILES string of the molecule is CC(NC1CCC1)c1ccc(O)cc1F. The minimum absolute atomic E-state index is 0.0101. The smallest absolute Gasteiger partial charge is 0.131 e. The first-order valence-electron chi connectivity index (χ1n) is 5.41. The van der Waals surface area contributed by atoms with Crippen LogP contribution < -0.4 is 5.32 Å². The maximum Gasteiger partial charge on any atom is 0.131 e. The lowest BCUT2D eigenvalue weighted by Gasteiger charge is -2.30. The van der Waals surface area contributed by atoms with Gasteiger partial charge in [-0.3, -0.25) is 0 Å². The molecular formula is C12H16FNO. The number of aromatic hydroxyl groups is 1. The van der Waals surface area contributed by atoms with Crippen LogP contribution in [0.5, 0.6) is 5.75 Å². The zero-order chi connectivity index (χ0) is 10.8. The van der Waals surface area contributed by atoms with Crippen LogP contribution in [0, 0.1) is 5.82 Å². The summed E-state index contributed by atoms with van der Waals surface area (Å²) in [7, 11) is 0. The maximum absolute atomic E-state index is 13.5. The number of hydrogen-bond donors (Lipinski definition) is 2. The van der Waals surface area contributed by atoms with E-state index in [4.69, 9.17) is 5.11 Å². The molecule has 1 saturated carbocycles. The molecule has 2 rings (SSSR count). The van der Waals surface area contributed by atoms with Crippen molar-refractivity contribution >= 4 is 0 Å². The molecule has 0 heterocycles. The zero-order valence-electron chi connectivity index (χ0n) is 8.83. The Morgan fingerprint density at radius 1 is 1.47 bits per heavy atom. The van der Waals surface area contributed by atoms with Gasteiger partial charge >= 0.3 is 0 Å². The Labute approximate surface area is 89.1 Å². The van der Waals surface area contributed by atoms with Gasteiger partial charge in [-0.05, 0) is 25.8 Å². The maximum atomic E-state index is 13.5. The molecule has 0 spiro atoms. The van der Waals surface area contributed by atoms with Gasteiger partial charge in [-0.25, -0.2) is 4.39 Å². The van der Waals surface area contributed by atoms with Gasteiger partial charge in [0.15, 0.2) is 0 Å². The molecule has 3 heteroatoms. The van der Waals surface area contributed by atoms with Crippen molar-refractivity contribution < 1.29 is 9.50 Å². The molecule has 1 fully saturated rings. The van der Waals surface area contributed by atoms with E-state index in [1.807, 2.05) is 6.92 Å². The van der Waals surface area contributed by atoms with Gasteiger partial charge in [-0.15, -0.1) is 0 Å². The third-order valence-electron chi connectivity index (χ3n) is 3.04. The second-order valence-corrected chi connectivity index (χ2v) is 4.22. The van der Waals surface area contributed by atoms with E-state index < -0.39 is 0 Å². The topological polar surface area (TPSA) is 32.3 Å². The molecule has 0 saturated heterocycles. The van der Waals surface area contributed by atoms with Crippen LogP contribution in [0.2, 0.25) is 0 Å². The van der Waals surface area contributed by atoms with Crippen LogP contribution in [0.3, 0.4) is 0 Å². The number of halogens is 1. The lowest BCUT2D eigenvalue weighted by atomic mass is 9.91. The summed E-state index contributed by atoms with van der Waals surface area (Å²) in [5.41, 5.74) is 0.625. The Morgan fingerprint density at radius 2 is 2.20 bits per heavy atom. The first kappa shape index (κ1) is 10.4. The number of benzene rings is 1. The fourth-order valence-corrected chi connectivity index (χ4v) is 1.89. The van der Waals surface area contributed by atoms with E-state index in [-0.39, 0.29) is 17.6 Å². The number of nitrogens with one attached hydrogen (secondary N) is 1. The number of phenols is 1. The van der Waals surface area contributed by atoms with Crippen LogP contribution in [0.15, 0.2) is 18.2 Å². The quantitative estimate of drug-likeness (QED) is 0.802. The van der Waals surface area contributed by atoms with Gasteiger partial charge in [-0.1, -0.05) is 12.5 Å². The molecular weight excluding hydrogens is 193 g/mol. The Bertz CT molecular complexity index is 349. The van der Waals surface area contributed by atoms with Crippen LogP contribution in [0.4, 0.5) is 4.39 Å². The minimum Gasteiger partial charge on any atom is -0.508 e. The lowest BCUT2D eigenvalue weighted by Crippen LogP contribution is -2.37. The highest BCUT2D eigenvalue weighted by atomic mass is 19.1. The van der Waals surface area contributed by atoms with Crippen LogP contribution in [0.25, 0.3) is 0 Å². The first-order chi connectivity index (χ1) is 7.16. The van der Waals surface area contributed by atoms with Gasteiger partial charge in [0.05, 0.1) is 0 Å². The van der Waals surface area contributed by atoms with Gasteiger partial charge < -0.3 is 10.4 Å². The summed E-state index contributed by atoms with van der Waals surface area (Å²) in [5.74, 6) is -0.360. The van der Waals surface area contributed by atoms with Gasteiger partial charge in [0, 0.05) is 23.7 Å². The molecule has 0 radical (unpaired) electrons. The van der Waals surface area contributed by atoms with Gasteiger partial charge in [-0.2, -0.15) is 0 Å². The minimum atomic E-state index is -0.339. The third kappa shape index (κ3) is 2.29. The predicted molar refractivity (Wildman–Crippen MR) is 57.3 cm³/mol. The molecule has 1 atom stereocenters. The van der Waals surface area contributed by atoms with E-state index in [0.29, 0.717) is 11.6 Å². The summed E-state index contributed by atoms with van der Waals surface area (Å²) in [6, 6.07) is 4.87. The van der Waals surface area contributed by atoms with E-state index in [1.165, 1.54) is 25.3 Å². The molecule has 1 aromatic carbocycles. The van der Waals surface area contributed by atoms with Crippen molar-refractivity contribution in [1.29, 1.82) is 0 Å². The van der Waals surface area contributed by atoms with E-state index in [0.717, 1.165) is 6.07 Å². The van der Waals surface area contributed by atoms with E-state index >= 15 is 0 Å². The summed E-state index contributed by atoms with van der Waals surface area (Å²) >= 11 is 0. The Balaban J connectivity index is 2.06. The van der Waals surface area contributed by atoms with Gasteiger partial charge in [0.25, 0.3) is 0 Å². The summed E-state index contributed by atoms with van der Waals surface area (Å²) < 4.78 is 13.5. The molecule has 1 aromatic rings. The summed E-state index contributed by atoms with van der Waals surface area (Å²) in [6.45, 7) is 1.95. The lowest BCUT2D eigenvalue weighted by molar-refractivity contribution is 0.310. The van der Waals surface area contributed by atoms with Gasteiger partial charge in [0.2, 0.25) is 0 Å². The van der Waals surface area contributed by atoms with Crippen molar-refractivity contribution in [3.8, 4) is 5.75 Å². The average Bonchev–Trinajstić information content (AvgIpc) is 2.11. The van der Waals surface area contributed by atoms with Crippen molar-refractivity contribution in [2.45, 2.75) is 38.3 Å². The van der Waals surface area contributed by atoms with Crippen molar-refractivity contribution in [3.05, 3.63) is 29.6 Å². The summed E-state index contributed by atoms with van der Waals surface area (Å²) in [4.78, 5) is 0. The predicted octanol–water partition coefficient (Wildman–Crippen LogP) is 2.73. The molecule has 0 aromatic heterocycles. The third-order valence-corrected chi connectivity index (χ3v) is 3.04. The molecule has 1 aliphatic rings. The standard InChI is InChI=1S/C12H16FNO/c1-8(14-9-3-2-4-9)11-6-5-10(15)7-12(11)13/h5-9,14-15H,2-4H2,1H3. The summed E-state index contributed by atoms with van der Waals surface area (Å²) in [6.07, 6.45) is 3.64. The van der Waals surface area contributed by atoms with Crippen LogP contribution in [-0.4, -0.2) is 11.1 Å². The number of phenolic OH excluding ortho intramolecular Hbond substituents is 1.